The SMILES string of the molecule is CSc1c[se]c(=[Se])[se]1. The third kappa shape index (κ3) is 2.04. The van der Waals surface area contributed by atoms with Crippen LogP contribution in [0.1, 0.15) is 0 Å². The Bertz CT molecular complexity index is 211. The van der Waals surface area contributed by atoms with Crippen LogP contribution in [0.2, 0.25) is 0 Å². The molecule has 1 aromatic rings. The Morgan fingerprint density at radius 1 is 1.75 bits per heavy atom. The van der Waals surface area contributed by atoms with E-state index in [0.717, 1.165) is 0 Å². The molecule has 44 valence electrons. The number of hydrogen-bond donors (Lipinski definition) is 0. The van der Waals surface area contributed by atoms with E-state index in [0.29, 0.717) is 29.0 Å². The monoisotopic (exact) mass is 324 g/mol. The fourth-order valence-electron chi connectivity index (χ4n) is 0.316. The molecule has 0 spiro atoms. The fourth-order valence-corrected chi connectivity index (χ4v) is 9.08. The minimum atomic E-state index is 0.707. The van der Waals surface area contributed by atoms with Gasteiger partial charge in [0.25, 0.3) is 0 Å². The summed E-state index contributed by atoms with van der Waals surface area (Å²) in [6.07, 6.45) is 2.16. The topological polar surface area (TPSA) is 0 Å². The molecule has 1 rings (SSSR count). The second-order valence-electron chi connectivity index (χ2n) is 1.11. The van der Waals surface area contributed by atoms with E-state index in [-0.39, 0.29) is 0 Å². The van der Waals surface area contributed by atoms with Gasteiger partial charge in [0.05, 0.1) is 0 Å². The maximum absolute atomic E-state index is 3.11. The van der Waals surface area contributed by atoms with Crippen LogP contribution in [0, 0.1) is 1.81 Å². The Labute approximate surface area is 72.5 Å². The van der Waals surface area contributed by atoms with Crippen LogP contribution in [0.5, 0.6) is 0 Å². The van der Waals surface area contributed by atoms with Crippen molar-refractivity contribution in [1.29, 1.82) is 0 Å². The standard InChI is InChI=1S/C4H4SSe3/c1-5-3-2-7-4(6)8-3/h2H,1H3. The maximum atomic E-state index is 3.11. The Morgan fingerprint density at radius 3 is 2.75 bits per heavy atom. The zero-order valence-corrected chi connectivity index (χ0v) is 10.2. The molecular formula is C4H4SSe3. The van der Waals surface area contributed by atoms with Crippen LogP contribution in [0.25, 0.3) is 0 Å². The predicted octanol–water partition coefficient (Wildman–Crippen LogP) is 0.223. The fraction of sp³-hybridized carbons (Fsp3) is 0.250. The van der Waals surface area contributed by atoms with Crippen LogP contribution >= 0.6 is 11.8 Å². The summed E-state index contributed by atoms with van der Waals surface area (Å²) in [6.45, 7) is 0. The molecule has 0 fully saturated rings. The molecule has 0 saturated carbocycles. The molecule has 4 heteroatoms. The zero-order chi connectivity index (χ0) is 5.98. The summed E-state index contributed by atoms with van der Waals surface area (Å²) in [7, 11) is 0. The van der Waals surface area contributed by atoms with Crippen molar-refractivity contribution in [1.82, 2.24) is 0 Å². The summed E-state index contributed by atoms with van der Waals surface area (Å²) >= 11 is 6.42. The molecule has 0 saturated heterocycles. The van der Waals surface area contributed by atoms with Crippen molar-refractivity contribution in [3.63, 3.8) is 0 Å². The molecule has 0 N–H and O–H groups in total. The molecule has 0 radical (unpaired) electrons. The average Bonchev–Trinajstić information content (AvgIpc) is 2.14. The molecule has 0 unspecified atom stereocenters. The minimum absolute atomic E-state index is 0.707. The van der Waals surface area contributed by atoms with E-state index in [9.17, 15) is 0 Å². The first kappa shape index (κ1) is 7.62. The predicted molar refractivity (Wildman–Crippen MR) is 41.1 cm³/mol. The van der Waals surface area contributed by atoms with E-state index in [2.05, 4.69) is 26.8 Å². The Balaban J connectivity index is 3.01. The van der Waals surface area contributed by atoms with Crippen molar-refractivity contribution < 1.29 is 0 Å². The van der Waals surface area contributed by atoms with Crippen molar-refractivity contribution in [2.75, 3.05) is 6.26 Å². The number of rotatable bonds is 1. The molecule has 1 aromatic heterocycles. The normalized spacial score (nSPS) is 9.62. The van der Waals surface area contributed by atoms with Gasteiger partial charge < -0.3 is 0 Å². The van der Waals surface area contributed by atoms with E-state index in [1.165, 1.54) is 0 Å². The summed E-state index contributed by atoms with van der Waals surface area (Å²) in [6, 6.07) is 0. The molecule has 0 amide bonds. The van der Waals surface area contributed by atoms with E-state index in [4.69, 9.17) is 0 Å². The van der Waals surface area contributed by atoms with Gasteiger partial charge in [-0.2, -0.15) is 0 Å². The van der Waals surface area contributed by atoms with E-state index >= 15 is 0 Å². The molecule has 1 heterocycles. The third-order valence-electron chi connectivity index (χ3n) is 0.636. The summed E-state index contributed by atoms with van der Waals surface area (Å²) in [5.74, 6) is 0. The Morgan fingerprint density at radius 2 is 2.50 bits per heavy atom. The first-order valence-electron chi connectivity index (χ1n) is 1.95. The van der Waals surface area contributed by atoms with Gasteiger partial charge in [-0.1, -0.05) is 0 Å². The molecule has 0 aliphatic rings. The summed E-state index contributed by atoms with van der Waals surface area (Å²) < 4.78 is 3.21. The van der Waals surface area contributed by atoms with Gasteiger partial charge in [-0.15, -0.1) is 0 Å². The van der Waals surface area contributed by atoms with Gasteiger partial charge in [0.15, 0.2) is 0 Å². The van der Waals surface area contributed by atoms with Gasteiger partial charge in [0.2, 0.25) is 0 Å². The summed E-state index contributed by atoms with van der Waals surface area (Å²) in [4.78, 5) is 2.38. The molecule has 8 heavy (non-hydrogen) atoms. The quantitative estimate of drug-likeness (QED) is 0.527. The molecule has 0 atom stereocenters. The molecular weight excluding hydrogens is 317 g/mol. The van der Waals surface area contributed by atoms with E-state index < -0.39 is 0 Å². The van der Waals surface area contributed by atoms with E-state index in [1.54, 1.807) is 5.58 Å². The molecule has 0 nitrogen and oxygen atoms in total. The number of thioether (sulfide) groups is 1. The first-order valence-corrected chi connectivity index (χ1v) is 7.59. The van der Waals surface area contributed by atoms with Crippen molar-refractivity contribution >= 4 is 56.3 Å². The Hall–Kier alpha value is 1.52. The summed E-state index contributed by atoms with van der Waals surface area (Å²) in [5, 5.41) is 0. The van der Waals surface area contributed by atoms with Gasteiger partial charge in [0.1, 0.15) is 0 Å². The van der Waals surface area contributed by atoms with E-state index in [1.807, 2.05) is 11.8 Å². The summed E-state index contributed by atoms with van der Waals surface area (Å²) in [5.41, 5.74) is 0. The van der Waals surface area contributed by atoms with Gasteiger partial charge in [-0.3, -0.25) is 0 Å². The van der Waals surface area contributed by atoms with Crippen LogP contribution in [-0.2, 0) is 0 Å². The van der Waals surface area contributed by atoms with Gasteiger partial charge in [0, 0.05) is 0 Å². The molecule has 0 bridgehead atoms. The van der Waals surface area contributed by atoms with Gasteiger partial charge in [-0.25, -0.2) is 0 Å². The van der Waals surface area contributed by atoms with Crippen molar-refractivity contribution in [2.24, 2.45) is 0 Å². The van der Waals surface area contributed by atoms with Crippen molar-refractivity contribution in [3.05, 3.63) is 6.75 Å². The second kappa shape index (κ2) is 3.63. The average molecular weight is 321 g/mol. The van der Waals surface area contributed by atoms with Gasteiger partial charge >= 0.3 is 73.1 Å². The van der Waals surface area contributed by atoms with Crippen LogP contribution < -0.4 is 0 Å². The second-order valence-corrected chi connectivity index (χ2v) is 11.4. The first-order chi connectivity index (χ1) is 3.83. The van der Waals surface area contributed by atoms with Crippen LogP contribution in [0.3, 0.4) is 0 Å². The zero-order valence-electron chi connectivity index (χ0n) is 4.21. The third-order valence-corrected chi connectivity index (χ3v) is 9.81. The van der Waals surface area contributed by atoms with Crippen LogP contribution in [-0.4, -0.2) is 50.8 Å². The molecule has 0 aliphatic carbocycles. The van der Waals surface area contributed by atoms with Crippen molar-refractivity contribution in [2.45, 2.75) is 3.77 Å². The molecule has 0 aromatic carbocycles. The van der Waals surface area contributed by atoms with Crippen LogP contribution in [0.4, 0.5) is 0 Å². The molecule has 0 aliphatic heterocycles. The van der Waals surface area contributed by atoms with Gasteiger partial charge in [-0.05, 0) is 0 Å². The van der Waals surface area contributed by atoms with Crippen LogP contribution in [0.15, 0.2) is 8.71 Å². The van der Waals surface area contributed by atoms with Crippen molar-refractivity contribution in [3.8, 4) is 0 Å². The number of hydrogen-bond acceptors (Lipinski definition) is 1. The Kier molecular flexibility index (Phi) is 3.46.